The summed E-state index contributed by atoms with van der Waals surface area (Å²) in [5.74, 6) is 0.236. The number of methoxy groups -OCH3 is 1. The van der Waals surface area contributed by atoms with E-state index in [2.05, 4.69) is 10.1 Å². The highest BCUT2D eigenvalue weighted by Crippen LogP contribution is 2.38. The quantitative estimate of drug-likeness (QED) is 0.408. The van der Waals surface area contributed by atoms with Gasteiger partial charge in [0.25, 0.3) is 0 Å². The SMILES string of the molecule is CCOc1ccc2nc(Cl)c([C@@H]3CC(c4ccc(OC)cc4)=NN3C(=O)CCCC(=O)O)cc2c1. The van der Waals surface area contributed by atoms with E-state index in [0.717, 1.165) is 33.7 Å². The molecule has 1 aliphatic heterocycles. The van der Waals surface area contributed by atoms with Crippen molar-refractivity contribution < 1.29 is 24.2 Å². The van der Waals surface area contributed by atoms with Crippen LogP contribution in [0.15, 0.2) is 53.6 Å². The zero-order valence-corrected chi connectivity index (χ0v) is 20.3. The Morgan fingerprint density at radius 3 is 2.54 bits per heavy atom. The second kappa shape index (κ2) is 10.7. The van der Waals surface area contributed by atoms with E-state index in [1.807, 2.05) is 55.5 Å². The summed E-state index contributed by atoms with van der Waals surface area (Å²) >= 11 is 6.61. The van der Waals surface area contributed by atoms with Crippen LogP contribution in [0.1, 0.15) is 49.8 Å². The molecule has 0 aliphatic carbocycles. The molecule has 1 amide bonds. The smallest absolute Gasteiger partial charge is 0.303 e. The predicted octanol–water partition coefficient (Wildman–Crippen LogP) is 5.23. The number of benzene rings is 2. The normalized spacial score (nSPS) is 15.2. The summed E-state index contributed by atoms with van der Waals surface area (Å²) in [6.45, 7) is 2.46. The largest absolute Gasteiger partial charge is 0.497 e. The number of carbonyl (C=O) groups excluding carboxylic acids is 1. The average Bonchev–Trinajstić information content (AvgIpc) is 3.29. The number of nitrogens with zero attached hydrogens (tertiary/aromatic N) is 3. The van der Waals surface area contributed by atoms with Gasteiger partial charge < -0.3 is 14.6 Å². The van der Waals surface area contributed by atoms with E-state index in [-0.39, 0.29) is 25.2 Å². The van der Waals surface area contributed by atoms with Gasteiger partial charge in [-0.05, 0) is 67.4 Å². The monoisotopic (exact) mass is 495 g/mol. The lowest BCUT2D eigenvalue weighted by atomic mass is 9.98. The maximum absolute atomic E-state index is 13.1. The van der Waals surface area contributed by atoms with E-state index >= 15 is 0 Å². The number of pyridine rings is 1. The van der Waals surface area contributed by atoms with Crippen molar-refractivity contribution in [2.45, 2.75) is 38.6 Å². The lowest BCUT2D eigenvalue weighted by molar-refractivity contribution is -0.137. The van der Waals surface area contributed by atoms with Gasteiger partial charge in [0, 0.05) is 30.2 Å². The molecule has 1 aliphatic rings. The zero-order valence-electron chi connectivity index (χ0n) is 19.5. The van der Waals surface area contributed by atoms with Crippen LogP contribution < -0.4 is 9.47 Å². The minimum Gasteiger partial charge on any atom is -0.497 e. The maximum atomic E-state index is 13.1. The summed E-state index contributed by atoms with van der Waals surface area (Å²) in [6.07, 6.45) is 0.647. The molecular weight excluding hydrogens is 470 g/mol. The fourth-order valence-electron chi connectivity index (χ4n) is 4.08. The number of hydrogen-bond donors (Lipinski definition) is 1. The Morgan fingerprint density at radius 2 is 1.86 bits per heavy atom. The first kappa shape index (κ1) is 24.5. The van der Waals surface area contributed by atoms with Crippen LogP contribution in [0.4, 0.5) is 0 Å². The number of amides is 1. The Balaban J connectivity index is 1.70. The van der Waals surface area contributed by atoms with Gasteiger partial charge in [-0.3, -0.25) is 9.59 Å². The molecule has 0 radical (unpaired) electrons. The molecule has 1 N–H and O–H groups in total. The van der Waals surface area contributed by atoms with E-state index in [1.54, 1.807) is 7.11 Å². The summed E-state index contributed by atoms with van der Waals surface area (Å²) in [7, 11) is 1.60. The summed E-state index contributed by atoms with van der Waals surface area (Å²) < 4.78 is 10.9. The molecule has 3 aromatic rings. The number of carboxylic acid groups (broad SMARTS) is 1. The van der Waals surface area contributed by atoms with Crippen molar-refractivity contribution >= 4 is 40.1 Å². The van der Waals surface area contributed by atoms with Gasteiger partial charge in [0.15, 0.2) is 0 Å². The standard InChI is InChI=1S/C26H26ClN3O5/c1-3-35-19-11-12-21-17(13-19)14-20(26(27)28-21)23-15-22(16-7-9-18(34-2)10-8-16)29-30(23)24(31)5-4-6-25(32)33/h7-14,23H,3-6,15H2,1-2H3,(H,32,33)/t23-/m0/s1. The van der Waals surface area contributed by atoms with Crippen LogP contribution in [0.3, 0.4) is 0 Å². The average molecular weight is 496 g/mol. The van der Waals surface area contributed by atoms with Gasteiger partial charge in [0.05, 0.1) is 31.0 Å². The third-order valence-electron chi connectivity index (χ3n) is 5.81. The van der Waals surface area contributed by atoms with Crippen molar-refractivity contribution in [3.05, 3.63) is 64.8 Å². The molecule has 35 heavy (non-hydrogen) atoms. The van der Waals surface area contributed by atoms with Gasteiger partial charge in [-0.2, -0.15) is 5.10 Å². The van der Waals surface area contributed by atoms with Gasteiger partial charge in [-0.15, -0.1) is 0 Å². The molecular formula is C26H26ClN3O5. The number of carboxylic acids is 1. The molecule has 0 unspecified atom stereocenters. The fraction of sp³-hybridized carbons (Fsp3) is 0.308. The van der Waals surface area contributed by atoms with E-state index in [1.165, 1.54) is 5.01 Å². The second-order valence-corrected chi connectivity index (χ2v) is 8.49. The highest BCUT2D eigenvalue weighted by atomic mass is 35.5. The highest BCUT2D eigenvalue weighted by molar-refractivity contribution is 6.30. The number of ether oxygens (including phenoxy) is 2. The van der Waals surface area contributed by atoms with Gasteiger partial charge in [0.1, 0.15) is 16.7 Å². The molecule has 2 aromatic carbocycles. The van der Waals surface area contributed by atoms with Crippen LogP contribution in [0.25, 0.3) is 10.9 Å². The molecule has 0 saturated heterocycles. The fourth-order valence-corrected chi connectivity index (χ4v) is 4.35. The van der Waals surface area contributed by atoms with Gasteiger partial charge in [0.2, 0.25) is 5.91 Å². The number of fused-ring (bicyclic) bond motifs is 1. The summed E-state index contributed by atoms with van der Waals surface area (Å²) in [4.78, 5) is 28.6. The maximum Gasteiger partial charge on any atom is 0.303 e. The van der Waals surface area contributed by atoms with E-state index in [4.69, 9.17) is 26.2 Å². The first-order chi connectivity index (χ1) is 16.9. The Morgan fingerprint density at radius 1 is 1.11 bits per heavy atom. The molecule has 182 valence electrons. The first-order valence-electron chi connectivity index (χ1n) is 11.4. The third kappa shape index (κ3) is 5.54. The first-order valence-corrected chi connectivity index (χ1v) is 11.8. The zero-order chi connectivity index (χ0) is 24.9. The van der Waals surface area contributed by atoms with Crippen molar-refractivity contribution in [3.8, 4) is 11.5 Å². The number of carbonyl (C=O) groups is 2. The molecule has 0 spiro atoms. The summed E-state index contributed by atoms with van der Waals surface area (Å²) in [5, 5.41) is 16.1. The Hall–Kier alpha value is -3.65. The number of aliphatic carboxylic acids is 1. The number of rotatable bonds is 9. The number of hydrazone groups is 1. The molecule has 0 saturated carbocycles. The Labute approximate surface area is 208 Å². The molecule has 0 fully saturated rings. The van der Waals surface area contributed by atoms with E-state index < -0.39 is 12.0 Å². The molecule has 2 heterocycles. The van der Waals surface area contributed by atoms with Crippen LogP contribution in [0.2, 0.25) is 5.15 Å². The Bertz CT molecular complexity index is 1280. The molecule has 4 rings (SSSR count). The third-order valence-corrected chi connectivity index (χ3v) is 6.11. The van der Waals surface area contributed by atoms with Crippen LogP contribution in [0.5, 0.6) is 11.5 Å². The van der Waals surface area contributed by atoms with Crippen LogP contribution in [-0.4, -0.2) is 46.4 Å². The van der Waals surface area contributed by atoms with Gasteiger partial charge in [-0.1, -0.05) is 11.6 Å². The summed E-state index contributed by atoms with van der Waals surface area (Å²) in [6, 6.07) is 14.5. The van der Waals surface area contributed by atoms with E-state index in [9.17, 15) is 9.59 Å². The minimum absolute atomic E-state index is 0.0648. The molecule has 9 heteroatoms. The topological polar surface area (TPSA) is 101 Å². The van der Waals surface area contributed by atoms with Crippen LogP contribution >= 0.6 is 11.6 Å². The molecule has 0 bridgehead atoms. The van der Waals surface area contributed by atoms with Gasteiger partial charge in [-0.25, -0.2) is 9.99 Å². The summed E-state index contributed by atoms with van der Waals surface area (Å²) in [5.41, 5.74) is 2.98. The number of hydrogen-bond acceptors (Lipinski definition) is 6. The van der Waals surface area contributed by atoms with Crippen molar-refractivity contribution in [3.63, 3.8) is 0 Å². The lowest BCUT2D eigenvalue weighted by Crippen LogP contribution is -2.27. The van der Waals surface area contributed by atoms with Crippen molar-refractivity contribution in [2.24, 2.45) is 5.10 Å². The molecule has 1 aromatic heterocycles. The second-order valence-electron chi connectivity index (χ2n) is 8.14. The van der Waals surface area contributed by atoms with Crippen LogP contribution in [0, 0.1) is 0 Å². The van der Waals surface area contributed by atoms with Crippen molar-refractivity contribution in [1.29, 1.82) is 0 Å². The predicted molar refractivity (Wildman–Crippen MR) is 133 cm³/mol. The van der Waals surface area contributed by atoms with Crippen molar-refractivity contribution in [2.75, 3.05) is 13.7 Å². The number of halogens is 1. The lowest BCUT2D eigenvalue weighted by Gasteiger charge is -2.23. The number of aromatic nitrogens is 1. The van der Waals surface area contributed by atoms with Crippen molar-refractivity contribution in [1.82, 2.24) is 9.99 Å². The molecule has 1 atom stereocenters. The van der Waals surface area contributed by atoms with E-state index in [0.29, 0.717) is 23.7 Å². The Kier molecular flexibility index (Phi) is 7.51. The van der Waals surface area contributed by atoms with Gasteiger partial charge >= 0.3 is 5.97 Å². The van der Waals surface area contributed by atoms with Crippen LogP contribution in [-0.2, 0) is 9.59 Å². The molecule has 8 nitrogen and oxygen atoms in total. The highest BCUT2D eigenvalue weighted by Gasteiger charge is 2.34. The minimum atomic E-state index is -0.940.